The molecule has 0 aliphatic heterocycles. The molecule has 0 aromatic rings. The topological polar surface area (TPSA) is 108 Å². The molecule has 0 spiro atoms. The Labute approximate surface area is 323 Å². The van der Waals surface area contributed by atoms with Crippen LogP contribution in [0.2, 0.25) is 0 Å². The quantitative estimate of drug-likeness (QED) is 0.0170. The molecule has 53 heavy (non-hydrogen) atoms. The zero-order chi connectivity index (χ0) is 39.3. The number of likely N-dealkylation sites (N-methyl/N-ethyl adjacent to an activating group) is 1. The van der Waals surface area contributed by atoms with Crippen LogP contribution in [0.3, 0.4) is 0 Å². The van der Waals surface area contributed by atoms with Gasteiger partial charge in [-0.15, -0.1) is 0 Å². The fourth-order valence-corrected chi connectivity index (χ4v) is 5.66. The first-order chi connectivity index (χ1) is 25.5. The van der Waals surface area contributed by atoms with Gasteiger partial charge < -0.3 is 18.9 Å². The number of unbranched alkanes of at least 4 members (excludes halogenated alkanes) is 13. The summed E-state index contributed by atoms with van der Waals surface area (Å²) in [6, 6.07) is 0. The van der Waals surface area contributed by atoms with E-state index in [1.165, 1.54) is 51.4 Å². The highest BCUT2D eigenvalue weighted by Gasteiger charge is 2.27. The first kappa shape index (κ1) is 50.5. The lowest BCUT2D eigenvalue weighted by Gasteiger charge is -2.24. The number of hydrogen-bond acceptors (Lipinski definition) is 7. The number of phosphoric acid groups is 1. The van der Waals surface area contributed by atoms with Crippen LogP contribution in [0, 0.1) is 0 Å². The van der Waals surface area contributed by atoms with Crippen LogP contribution < -0.4 is 0 Å². The van der Waals surface area contributed by atoms with Gasteiger partial charge >= 0.3 is 19.8 Å². The molecule has 0 heterocycles. The van der Waals surface area contributed by atoms with Gasteiger partial charge in [-0.25, -0.2) is 4.57 Å². The van der Waals surface area contributed by atoms with E-state index in [0.717, 1.165) is 38.5 Å². The summed E-state index contributed by atoms with van der Waals surface area (Å²) in [5, 5.41) is 0. The largest absolute Gasteiger partial charge is 0.472 e. The maximum Gasteiger partial charge on any atom is 0.472 e. The predicted molar refractivity (Wildman–Crippen MR) is 219 cm³/mol. The van der Waals surface area contributed by atoms with E-state index in [2.05, 4.69) is 32.1 Å². The van der Waals surface area contributed by atoms with Crippen LogP contribution in [0.4, 0.5) is 0 Å². The van der Waals surface area contributed by atoms with Crippen molar-refractivity contribution in [2.24, 2.45) is 0 Å². The van der Waals surface area contributed by atoms with Gasteiger partial charge in [0.15, 0.2) is 6.10 Å². The maximum atomic E-state index is 12.6. The lowest BCUT2D eigenvalue weighted by atomic mass is 10.1. The van der Waals surface area contributed by atoms with Gasteiger partial charge in [-0.05, 0) is 51.4 Å². The first-order valence-electron chi connectivity index (χ1n) is 20.2. The Balaban J connectivity index is 4.53. The number of carbonyl (C=O) groups is 2. The Bertz CT molecular complexity index is 1140. The lowest BCUT2D eigenvalue weighted by molar-refractivity contribution is -0.870. The van der Waals surface area contributed by atoms with E-state index in [9.17, 15) is 19.0 Å². The number of phosphoric ester groups is 1. The van der Waals surface area contributed by atoms with Gasteiger partial charge in [0.2, 0.25) is 0 Å². The molecule has 0 aliphatic rings. The zero-order valence-electron chi connectivity index (χ0n) is 34.0. The number of nitrogens with zero attached hydrogens (tertiary/aromatic N) is 1. The third-order valence-electron chi connectivity index (χ3n) is 8.10. The highest BCUT2D eigenvalue weighted by Crippen LogP contribution is 2.43. The summed E-state index contributed by atoms with van der Waals surface area (Å²) < 4.78 is 34.1. The first-order valence-corrected chi connectivity index (χ1v) is 21.7. The molecule has 0 aromatic heterocycles. The van der Waals surface area contributed by atoms with Crippen LogP contribution in [0.15, 0.2) is 72.9 Å². The number of carbonyl (C=O) groups excluding carboxylic acids is 2. The minimum absolute atomic E-state index is 0.0133. The van der Waals surface area contributed by atoms with E-state index < -0.39 is 32.5 Å². The van der Waals surface area contributed by atoms with Crippen molar-refractivity contribution in [2.75, 3.05) is 47.5 Å². The van der Waals surface area contributed by atoms with E-state index in [1.807, 2.05) is 75.8 Å². The Morgan fingerprint density at radius 1 is 0.604 bits per heavy atom. The standard InChI is InChI=1S/C43H74NO8P/c1-6-8-10-12-14-16-18-20-21-22-24-25-27-29-31-33-35-42(45)49-39-41(40-51-53(47,48)50-38-37-44(3,4)5)52-43(46)36-34-32-30-28-26-23-19-17-15-13-11-9-7-2/h9,11,13,15,17,19,21-23,26,28,30,41H,6-8,10,12,14,16,18,20,24-25,27,29,31-40H2,1-5H3/p+1/b11-9+,15-13+,19-17+,22-21+,26-23+,30-28+. The van der Waals surface area contributed by atoms with E-state index in [0.29, 0.717) is 30.3 Å². The van der Waals surface area contributed by atoms with Crippen LogP contribution >= 0.6 is 7.82 Å². The average molecular weight is 765 g/mol. The highest BCUT2D eigenvalue weighted by atomic mass is 31.2. The molecule has 0 aliphatic carbocycles. The number of allylic oxidation sites excluding steroid dienone is 12. The fourth-order valence-electron chi connectivity index (χ4n) is 4.92. The molecule has 9 nitrogen and oxygen atoms in total. The SMILES string of the molecule is CC/C=C/C=C/C=C/C=C/C=C/CCCC(=O)OC(COC(=O)CCCCCCC/C=C/CCCCCCCCC)COP(=O)(O)OCC[N+](C)(C)C. The van der Waals surface area contributed by atoms with Crippen molar-refractivity contribution >= 4 is 19.8 Å². The molecule has 1 N–H and O–H groups in total. The zero-order valence-corrected chi connectivity index (χ0v) is 34.9. The predicted octanol–water partition coefficient (Wildman–Crippen LogP) is 11.1. The molecule has 0 saturated carbocycles. The summed E-state index contributed by atoms with van der Waals surface area (Å²) in [6.45, 7) is 4.15. The monoisotopic (exact) mass is 765 g/mol. The Morgan fingerprint density at radius 3 is 1.70 bits per heavy atom. The summed E-state index contributed by atoms with van der Waals surface area (Å²) in [7, 11) is 1.41. The molecule has 2 unspecified atom stereocenters. The number of hydrogen-bond donors (Lipinski definition) is 1. The molecular weight excluding hydrogens is 689 g/mol. The van der Waals surface area contributed by atoms with E-state index in [1.54, 1.807) is 0 Å². The molecular formula is C43H75NO8P+. The normalized spacial score (nSPS) is 14.5. The van der Waals surface area contributed by atoms with Crippen molar-refractivity contribution in [1.29, 1.82) is 0 Å². The lowest BCUT2D eigenvalue weighted by Crippen LogP contribution is -2.37. The minimum atomic E-state index is -4.39. The second kappa shape index (κ2) is 35.2. The molecule has 0 rings (SSSR count). The van der Waals surface area contributed by atoms with Gasteiger partial charge in [-0.2, -0.15) is 0 Å². The summed E-state index contributed by atoms with van der Waals surface area (Å²) in [4.78, 5) is 35.2. The minimum Gasteiger partial charge on any atom is -0.462 e. The van der Waals surface area contributed by atoms with Crippen molar-refractivity contribution in [3.05, 3.63) is 72.9 Å². The third kappa shape index (κ3) is 39.0. The third-order valence-corrected chi connectivity index (χ3v) is 9.08. The summed E-state index contributed by atoms with van der Waals surface area (Å²) in [5.74, 6) is -0.903. The average Bonchev–Trinajstić information content (AvgIpc) is 3.10. The van der Waals surface area contributed by atoms with Crippen molar-refractivity contribution in [1.82, 2.24) is 0 Å². The van der Waals surface area contributed by atoms with E-state index >= 15 is 0 Å². The van der Waals surface area contributed by atoms with Gasteiger partial charge in [0.25, 0.3) is 0 Å². The Morgan fingerprint density at radius 2 is 1.11 bits per heavy atom. The van der Waals surface area contributed by atoms with E-state index in [4.69, 9.17) is 18.5 Å². The fraction of sp³-hybridized carbons (Fsp3) is 0.674. The molecule has 0 amide bonds. The summed E-state index contributed by atoms with van der Waals surface area (Å²) in [5.41, 5.74) is 0. The molecule has 0 fully saturated rings. The van der Waals surface area contributed by atoms with Crippen LogP contribution in [-0.2, 0) is 32.7 Å². The highest BCUT2D eigenvalue weighted by molar-refractivity contribution is 7.47. The van der Waals surface area contributed by atoms with E-state index in [-0.39, 0.29) is 26.1 Å². The van der Waals surface area contributed by atoms with Crippen molar-refractivity contribution < 1.29 is 42.1 Å². The van der Waals surface area contributed by atoms with Gasteiger partial charge in [0.1, 0.15) is 19.8 Å². The second-order valence-electron chi connectivity index (χ2n) is 14.4. The van der Waals surface area contributed by atoms with Crippen molar-refractivity contribution in [2.45, 2.75) is 142 Å². The Kier molecular flexibility index (Phi) is 33.5. The summed E-state index contributed by atoms with van der Waals surface area (Å²) >= 11 is 0. The van der Waals surface area contributed by atoms with Gasteiger partial charge in [0.05, 0.1) is 27.7 Å². The summed E-state index contributed by atoms with van der Waals surface area (Å²) in [6.07, 6.45) is 42.5. The van der Waals surface area contributed by atoms with Crippen molar-refractivity contribution in [3.63, 3.8) is 0 Å². The molecule has 0 saturated heterocycles. The molecule has 0 aromatic carbocycles. The van der Waals surface area contributed by atoms with Gasteiger partial charge in [-0.3, -0.25) is 18.6 Å². The van der Waals surface area contributed by atoms with Gasteiger partial charge in [0, 0.05) is 12.8 Å². The smallest absolute Gasteiger partial charge is 0.462 e. The van der Waals surface area contributed by atoms with Crippen molar-refractivity contribution in [3.8, 4) is 0 Å². The van der Waals surface area contributed by atoms with Crippen LogP contribution in [0.5, 0.6) is 0 Å². The van der Waals surface area contributed by atoms with Gasteiger partial charge in [-0.1, -0.05) is 145 Å². The number of esters is 2. The Hall–Kier alpha value is -2.55. The second-order valence-corrected chi connectivity index (χ2v) is 15.9. The molecule has 0 radical (unpaired) electrons. The number of quaternary nitrogens is 1. The van der Waals surface area contributed by atoms with Crippen LogP contribution in [0.25, 0.3) is 0 Å². The number of ether oxygens (including phenoxy) is 2. The molecule has 10 heteroatoms. The van der Waals surface area contributed by atoms with Crippen LogP contribution in [0.1, 0.15) is 136 Å². The molecule has 0 bridgehead atoms. The maximum absolute atomic E-state index is 12.6. The number of rotatable bonds is 35. The van der Waals surface area contributed by atoms with Crippen LogP contribution in [-0.4, -0.2) is 74.9 Å². The molecule has 304 valence electrons. The molecule has 2 atom stereocenters.